The van der Waals surface area contributed by atoms with Crippen LogP contribution in [0.3, 0.4) is 0 Å². The first-order valence-corrected chi connectivity index (χ1v) is 7.88. The maximum atomic E-state index is 2.40. The van der Waals surface area contributed by atoms with E-state index >= 15 is 0 Å². The number of hydrogen-bond acceptors (Lipinski definition) is 1. The van der Waals surface area contributed by atoms with E-state index in [1.165, 1.54) is 27.5 Å². The molecule has 1 aliphatic rings. The summed E-state index contributed by atoms with van der Waals surface area (Å²) in [6.45, 7) is 2.10. The molecular formula is C21H19N. The van der Waals surface area contributed by atoms with Crippen LogP contribution in [0.5, 0.6) is 0 Å². The van der Waals surface area contributed by atoms with Crippen LogP contribution in [0, 0.1) is 0 Å². The molecular weight excluding hydrogens is 266 g/mol. The van der Waals surface area contributed by atoms with Crippen LogP contribution in [-0.2, 0) is 6.54 Å². The van der Waals surface area contributed by atoms with Gasteiger partial charge in [-0.2, -0.15) is 0 Å². The Hall–Kier alpha value is -2.54. The Bertz CT molecular complexity index is 818. The van der Waals surface area contributed by atoms with Gasteiger partial charge in [0.2, 0.25) is 0 Å². The van der Waals surface area contributed by atoms with Crippen LogP contribution < -0.4 is 0 Å². The van der Waals surface area contributed by atoms with Crippen molar-refractivity contribution in [1.29, 1.82) is 0 Å². The van der Waals surface area contributed by atoms with Crippen molar-refractivity contribution in [1.82, 2.24) is 4.90 Å². The Kier molecular flexibility index (Phi) is 3.40. The molecule has 0 bridgehead atoms. The molecule has 0 saturated carbocycles. The largest absolute Gasteiger partial charge is 0.373 e. The predicted molar refractivity (Wildman–Crippen MR) is 93.6 cm³/mol. The summed E-state index contributed by atoms with van der Waals surface area (Å²) in [7, 11) is 0. The van der Waals surface area contributed by atoms with Gasteiger partial charge in [0, 0.05) is 13.1 Å². The van der Waals surface area contributed by atoms with Gasteiger partial charge in [0.15, 0.2) is 0 Å². The molecule has 108 valence electrons. The molecule has 3 aromatic rings. The quantitative estimate of drug-likeness (QED) is 0.637. The first-order valence-electron chi connectivity index (χ1n) is 7.88. The summed E-state index contributed by atoms with van der Waals surface area (Å²) in [6.07, 6.45) is 5.64. The first kappa shape index (κ1) is 13.1. The zero-order valence-electron chi connectivity index (χ0n) is 12.6. The Labute approximate surface area is 131 Å². The van der Waals surface area contributed by atoms with Crippen molar-refractivity contribution in [3.63, 3.8) is 0 Å². The highest BCUT2D eigenvalue weighted by Gasteiger charge is 2.13. The van der Waals surface area contributed by atoms with Gasteiger partial charge in [-0.25, -0.2) is 0 Å². The predicted octanol–water partition coefficient (Wildman–Crippen LogP) is 5.23. The Morgan fingerprint density at radius 3 is 2.45 bits per heavy atom. The van der Waals surface area contributed by atoms with Crippen molar-refractivity contribution in [3.8, 4) is 11.1 Å². The van der Waals surface area contributed by atoms with Crippen LogP contribution in [0.1, 0.15) is 12.0 Å². The number of rotatable bonds is 3. The van der Waals surface area contributed by atoms with Gasteiger partial charge in [-0.05, 0) is 40.1 Å². The molecule has 0 spiro atoms. The Balaban J connectivity index is 1.90. The summed E-state index contributed by atoms with van der Waals surface area (Å²) >= 11 is 0. The highest BCUT2D eigenvalue weighted by Crippen LogP contribution is 2.33. The maximum Gasteiger partial charge on any atom is 0.0430 e. The lowest BCUT2D eigenvalue weighted by Crippen LogP contribution is -2.14. The van der Waals surface area contributed by atoms with Crippen molar-refractivity contribution in [2.24, 2.45) is 0 Å². The third-order valence-corrected chi connectivity index (χ3v) is 4.35. The van der Waals surface area contributed by atoms with E-state index in [1.54, 1.807) is 0 Å². The van der Waals surface area contributed by atoms with Crippen LogP contribution in [-0.4, -0.2) is 11.4 Å². The van der Waals surface area contributed by atoms with Crippen LogP contribution in [0.4, 0.5) is 0 Å². The number of fused-ring (bicyclic) bond motifs is 1. The zero-order valence-corrected chi connectivity index (χ0v) is 12.6. The van der Waals surface area contributed by atoms with E-state index in [9.17, 15) is 0 Å². The van der Waals surface area contributed by atoms with E-state index in [1.807, 2.05) is 0 Å². The van der Waals surface area contributed by atoms with E-state index in [0.29, 0.717) is 0 Å². The van der Waals surface area contributed by atoms with Crippen molar-refractivity contribution < 1.29 is 0 Å². The molecule has 0 atom stereocenters. The highest BCUT2D eigenvalue weighted by molar-refractivity contribution is 5.98. The lowest BCUT2D eigenvalue weighted by Gasteiger charge is -2.20. The van der Waals surface area contributed by atoms with Gasteiger partial charge in [-0.3, -0.25) is 0 Å². The lowest BCUT2D eigenvalue weighted by atomic mass is 9.93. The highest BCUT2D eigenvalue weighted by atomic mass is 15.1. The molecule has 0 radical (unpaired) electrons. The summed E-state index contributed by atoms with van der Waals surface area (Å²) in [5, 5.41) is 2.65. The smallest absolute Gasteiger partial charge is 0.0430 e. The third-order valence-electron chi connectivity index (χ3n) is 4.35. The van der Waals surface area contributed by atoms with E-state index in [-0.39, 0.29) is 0 Å². The molecule has 0 aliphatic carbocycles. The SMILES string of the molecule is C1=CN(Cc2ccc3ccccc3c2-c2ccccc2)CC1. The van der Waals surface area contributed by atoms with E-state index in [2.05, 4.69) is 83.9 Å². The average Bonchev–Trinajstić information content (AvgIpc) is 3.08. The topological polar surface area (TPSA) is 3.24 Å². The minimum absolute atomic E-state index is 0.978. The fourth-order valence-electron chi connectivity index (χ4n) is 3.28. The monoisotopic (exact) mass is 285 g/mol. The van der Waals surface area contributed by atoms with Crippen LogP contribution in [0.15, 0.2) is 79.0 Å². The number of nitrogens with zero attached hydrogens (tertiary/aromatic N) is 1. The molecule has 1 nitrogen and oxygen atoms in total. The van der Waals surface area contributed by atoms with E-state index < -0.39 is 0 Å². The number of benzene rings is 3. The van der Waals surface area contributed by atoms with Gasteiger partial charge >= 0.3 is 0 Å². The van der Waals surface area contributed by atoms with Gasteiger partial charge in [-0.15, -0.1) is 0 Å². The van der Waals surface area contributed by atoms with E-state index in [4.69, 9.17) is 0 Å². The van der Waals surface area contributed by atoms with Crippen LogP contribution >= 0.6 is 0 Å². The molecule has 0 saturated heterocycles. The second-order valence-corrected chi connectivity index (χ2v) is 5.83. The van der Waals surface area contributed by atoms with E-state index in [0.717, 1.165) is 19.5 Å². The fraction of sp³-hybridized carbons (Fsp3) is 0.143. The number of hydrogen-bond donors (Lipinski definition) is 0. The summed E-state index contributed by atoms with van der Waals surface area (Å²) in [6, 6.07) is 24.0. The van der Waals surface area contributed by atoms with Crippen molar-refractivity contribution in [3.05, 3.63) is 84.6 Å². The van der Waals surface area contributed by atoms with Gasteiger partial charge in [-0.1, -0.05) is 72.8 Å². The van der Waals surface area contributed by atoms with Crippen LogP contribution in [0.2, 0.25) is 0 Å². The normalized spacial score (nSPS) is 13.9. The van der Waals surface area contributed by atoms with Gasteiger partial charge in [0.1, 0.15) is 0 Å². The van der Waals surface area contributed by atoms with Gasteiger partial charge in [0.05, 0.1) is 0 Å². The molecule has 0 unspecified atom stereocenters. The molecule has 0 N–H and O–H groups in total. The average molecular weight is 285 g/mol. The van der Waals surface area contributed by atoms with Crippen molar-refractivity contribution in [2.45, 2.75) is 13.0 Å². The first-order chi connectivity index (χ1) is 10.9. The zero-order chi connectivity index (χ0) is 14.8. The summed E-state index contributed by atoms with van der Waals surface area (Å²) in [4.78, 5) is 2.40. The van der Waals surface area contributed by atoms with Gasteiger partial charge < -0.3 is 4.90 Å². The lowest BCUT2D eigenvalue weighted by molar-refractivity contribution is 0.401. The minimum atomic E-state index is 0.978. The fourth-order valence-corrected chi connectivity index (χ4v) is 3.28. The van der Waals surface area contributed by atoms with Crippen molar-refractivity contribution >= 4 is 10.8 Å². The molecule has 22 heavy (non-hydrogen) atoms. The second-order valence-electron chi connectivity index (χ2n) is 5.83. The Morgan fingerprint density at radius 2 is 1.64 bits per heavy atom. The molecule has 0 amide bonds. The molecule has 3 aromatic carbocycles. The van der Waals surface area contributed by atoms with Crippen LogP contribution in [0.25, 0.3) is 21.9 Å². The molecule has 1 heterocycles. The van der Waals surface area contributed by atoms with Gasteiger partial charge in [0.25, 0.3) is 0 Å². The minimum Gasteiger partial charge on any atom is -0.373 e. The van der Waals surface area contributed by atoms with Crippen molar-refractivity contribution in [2.75, 3.05) is 6.54 Å². The summed E-state index contributed by atoms with van der Waals surface area (Å²) < 4.78 is 0. The summed E-state index contributed by atoms with van der Waals surface area (Å²) in [5.74, 6) is 0. The third kappa shape index (κ3) is 2.39. The molecule has 0 aromatic heterocycles. The summed E-state index contributed by atoms with van der Waals surface area (Å²) in [5.41, 5.74) is 4.08. The molecule has 1 aliphatic heterocycles. The Morgan fingerprint density at radius 1 is 0.818 bits per heavy atom. The molecule has 4 rings (SSSR count). The standard InChI is InChI=1S/C21H19N/c1-2-9-18(10-3-1)21-19(16-22-14-6-7-15-22)13-12-17-8-4-5-11-20(17)21/h1-6,8-14H,7,15-16H2. The molecule has 1 heteroatoms. The second kappa shape index (κ2) is 5.69. The molecule has 0 fully saturated rings. The maximum absolute atomic E-state index is 2.40.